The summed E-state index contributed by atoms with van der Waals surface area (Å²) in [7, 11) is 0. The monoisotopic (exact) mass is 240 g/mol. The standard InChI is InChI=1S/C14H28N2O/c1-7-8-9-16-11(2)10-13(3,4)15-14(5,6)12(16)17/h11,15H,7-10H2,1-6H3. The van der Waals surface area contributed by atoms with Crippen LogP contribution in [0.5, 0.6) is 0 Å². The zero-order valence-corrected chi connectivity index (χ0v) is 12.3. The Bertz CT molecular complexity index is 284. The van der Waals surface area contributed by atoms with Crippen molar-refractivity contribution in [2.24, 2.45) is 0 Å². The average molecular weight is 240 g/mol. The largest absolute Gasteiger partial charge is 0.338 e. The molecule has 1 unspecified atom stereocenters. The van der Waals surface area contributed by atoms with E-state index in [2.05, 4.69) is 37.9 Å². The number of amides is 1. The van der Waals surface area contributed by atoms with Gasteiger partial charge in [0.25, 0.3) is 0 Å². The van der Waals surface area contributed by atoms with Gasteiger partial charge in [0.05, 0.1) is 5.54 Å². The molecule has 1 aliphatic rings. The van der Waals surface area contributed by atoms with Crippen molar-refractivity contribution in [3.63, 3.8) is 0 Å². The van der Waals surface area contributed by atoms with Gasteiger partial charge in [0.1, 0.15) is 0 Å². The highest BCUT2D eigenvalue weighted by molar-refractivity contribution is 5.86. The van der Waals surface area contributed by atoms with Crippen LogP contribution in [-0.2, 0) is 4.79 Å². The third-order valence-corrected chi connectivity index (χ3v) is 3.54. The first-order chi connectivity index (χ1) is 7.69. The van der Waals surface area contributed by atoms with E-state index in [-0.39, 0.29) is 11.4 Å². The SMILES string of the molecule is CCCCN1C(=O)C(C)(C)NC(C)(C)CC1C. The Morgan fingerprint density at radius 1 is 1.35 bits per heavy atom. The molecule has 1 aliphatic heterocycles. The Kier molecular flexibility index (Phi) is 4.23. The minimum absolute atomic E-state index is 0.0134. The number of nitrogens with zero attached hydrogens (tertiary/aromatic N) is 1. The molecule has 1 atom stereocenters. The van der Waals surface area contributed by atoms with Gasteiger partial charge in [-0.25, -0.2) is 0 Å². The van der Waals surface area contributed by atoms with Crippen LogP contribution in [0, 0.1) is 0 Å². The maximum atomic E-state index is 12.5. The van der Waals surface area contributed by atoms with Crippen LogP contribution in [0.15, 0.2) is 0 Å². The number of nitrogens with one attached hydrogen (secondary N) is 1. The molecule has 0 spiro atoms. The fourth-order valence-electron chi connectivity index (χ4n) is 3.01. The lowest BCUT2D eigenvalue weighted by atomic mass is 9.94. The summed E-state index contributed by atoms with van der Waals surface area (Å²) in [5, 5.41) is 3.49. The summed E-state index contributed by atoms with van der Waals surface area (Å²) in [6.07, 6.45) is 3.23. The number of carbonyl (C=O) groups is 1. The van der Waals surface area contributed by atoms with E-state index in [1.165, 1.54) is 0 Å². The highest BCUT2D eigenvalue weighted by atomic mass is 16.2. The minimum atomic E-state index is -0.456. The summed E-state index contributed by atoms with van der Waals surface area (Å²) in [5.74, 6) is 0.240. The predicted molar refractivity (Wildman–Crippen MR) is 72.0 cm³/mol. The van der Waals surface area contributed by atoms with E-state index in [0.717, 1.165) is 25.8 Å². The molecule has 3 nitrogen and oxygen atoms in total. The summed E-state index contributed by atoms with van der Waals surface area (Å²) in [4.78, 5) is 14.6. The molecule has 1 amide bonds. The van der Waals surface area contributed by atoms with Crippen LogP contribution in [0.4, 0.5) is 0 Å². The molecule has 0 aromatic heterocycles. The number of rotatable bonds is 3. The predicted octanol–water partition coefficient (Wildman–Crippen LogP) is 2.55. The number of unbranched alkanes of at least 4 members (excludes halogenated alkanes) is 1. The van der Waals surface area contributed by atoms with Crippen LogP contribution in [0.25, 0.3) is 0 Å². The van der Waals surface area contributed by atoms with Crippen LogP contribution in [0.1, 0.15) is 60.8 Å². The molecule has 1 fully saturated rings. The zero-order chi connectivity index (χ0) is 13.3. The van der Waals surface area contributed by atoms with Crippen LogP contribution >= 0.6 is 0 Å². The number of carbonyl (C=O) groups excluding carboxylic acids is 1. The van der Waals surface area contributed by atoms with Crippen molar-refractivity contribution in [1.82, 2.24) is 10.2 Å². The molecule has 1 N–H and O–H groups in total. The first kappa shape index (κ1) is 14.5. The summed E-state index contributed by atoms with van der Waals surface area (Å²) >= 11 is 0. The van der Waals surface area contributed by atoms with Crippen molar-refractivity contribution in [2.75, 3.05) is 6.54 Å². The highest BCUT2D eigenvalue weighted by Crippen LogP contribution is 2.26. The lowest BCUT2D eigenvalue weighted by molar-refractivity contribution is -0.138. The van der Waals surface area contributed by atoms with Crippen LogP contribution < -0.4 is 5.32 Å². The van der Waals surface area contributed by atoms with Gasteiger partial charge in [-0.2, -0.15) is 0 Å². The van der Waals surface area contributed by atoms with E-state index in [9.17, 15) is 4.79 Å². The fourth-order valence-corrected chi connectivity index (χ4v) is 3.01. The molecule has 17 heavy (non-hydrogen) atoms. The smallest absolute Gasteiger partial charge is 0.242 e. The van der Waals surface area contributed by atoms with Gasteiger partial charge < -0.3 is 4.90 Å². The quantitative estimate of drug-likeness (QED) is 0.822. The van der Waals surface area contributed by atoms with Gasteiger partial charge in [-0.3, -0.25) is 10.1 Å². The van der Waals surface area contributed by atoms with Crippen LogP contribution in [0.3, 0.4) is 0 Å². The third-order valence-electron chi connectivity index (χ3n) is 3.54. The van der Waals surface area contributed by atoms with Crippen molar-refractivity contribution < 1.29 is 4.79 Å². The Balaban J connectivity index is 2.93. The van der Waals surface area contributed by atoms with Crippen molar-refractivity contribution in [3.05, 3.63) is 0 Å². The average Bonchev–Trinajstić information content (AvgIpc) is 2.19. The number of hydrogen-bond acceptors (Lipinski definition) is 2. The first-order valence-electron chi connectivity index (χ1n) is 6.80. The summed E-state index contributed by atoms with van der Waals surface area (Å²) in [6, 6.07) is 0.318. The Hall–Kier alpha value is -0.570. The van der Waals surface area contributed by atoms with Gasteiger partial charge in [-0.15, -0.1) is 0 Å². The maximum Gasteiger partial charge on any atom is 0.242 e. The molecular weight excluding hydrogens is 212 g/mol. The molecule has 0 saturated carbocycles. The van der Waals surface area contributed by atoms with Crippen molar-refractivity contribution in [3.8, 4) is 0 Å². The summed E-state index contributed by atoms with van der Waals surface area (Å²) < 4.78 is 0. The molecule has 0 aliphatic carbocycles. The van der Waals surface area contributed by atoms with E-state index in [1.807, 2.05) is 13.8 Å². The van der Waals surface area contributed by atoms with Gasteiger partial charge >= 0.3 is 0 Å². The van der Waals surface area contributed by atoms with Gasteiger partial charge in [-0.05, 0) is 47.5 Å². The van der Waals surface area contributed by atoms with Gasteiger partial charge in [0.15, 0.2) is 0 Å². The highest BCUT2D eigenvalue weighted by Gasteiger charge is 2.42. The molecule has 1 saturated heterocycles. The molecule has 0 aromatic rings. The second-order valence-electron chi connectivity index (χ2n) is 6.54. The molecule has 1 heterocycles. The first-order valence-corrected chi connectivity index (χ1v) is 6.80. The molecule has 100 valence electrons. The molecule has 3 heteroatoms. The van der Waals surface area contributed by atoms with Gasteiger partial charge in [-0.1, -0.05) is 13.3 Å². The van der Waals surface area contributed by atoms with E-state index in [4.69, 9.17) is 0 Å². The Labute approximate surface area is 106 Å². The van der Waals surface area contributed by atoms with Crippen molar-refractivity contribution in [2.45, 2.75) is 77.9 Å². The molecule has 0 bridgehead atoms. The van der Waals surface area contributed by atoms with Crippen molar-refractivity contribution in [1.29, 1.82) is 0 Å². The zero-order valence-electron chi connectivity index (χ0n) is 12.3. The molecule has 0 aromatic carbocycles. The lowest BCUT2D eigenvalue weighted by Crippen LogP contribution is -2.57. The Morgan fingerprint density at radius 2 is 1.94 bits per heavy atom. The van der Waals surface area contributed by atoms with Crippen LogP contribution in [-0.4, -0.2) is 34.5 Å². The Morgan fingerprint density at radius 3 is 2.47 bits per heavy atom. The van der Waals surface area contributed by atoms with E-state index < -0.39 is 5.54 Å². The van der Waals surface area contributed by atoms with E-state index >= 15 is 0 Å². The molecule has 1 rings (SSSR count). The van der Waals surface area contributed by atoms with Crippen LogP contribution in [0.2, 0.25) is 0 Å². The van der Waals surface area contributed by atoms with E-state index in [1.54, 1.807) is 0 Å². The third kappa shape index (κ3) is 3.44. The second-order valence-corrected chi connectivity index (χ2v) is 6.54. The second kappa shape index (κ2) is 4.97. The van der Waals surface area contributed by atoms with Gasteiger partial charge in [0.2, 0.25) is 5.91 Å². The summed E-state index contributed by atoms with van der Waals surface area (Å²) in [6.45, 7) is 13.6. The number of hydrogen-bond donors (Lipinski definition) is 1. The minimum Gasteiger partial charge on any atom is -0.338 e. The lowest BCUT2D eigenvalue weighted by Gasteiger charge is -2.33. The molecular formula is C14H28N2O. The van der Waals surface area contributed by atoms with Gasteiger partial charge in [0, 0.05) is 18.1 Å². The molecule has 0 radical (unpaired) electrons. The summed E-state index contributed by atoms with van der Waals surface area (Å²) in [5.41, 5.74) is -0.443. The fraction of sp³-hybridized carbons (Fsp3) is 0.929. The van der Waals surface area contributed by atoms with E-state index in [0.29, 0.717) is 6.04 Å². The normalized spacial score (nSPS) is 28.0. The maximum absolute atomic E-state index is 12.5. The topological polar surface area (TPSA) is 32.3 Å². The van der Waals surface area contributed by atoms with Crippen molar-refractivity contribution >= 4 is 5.91 Å².